The molecule has 1 N–H and O–H groups in total. The summed E-state index contributed by atoms with van der Waals surface area (Å²) < 4.78 is 21.3. The summed E-state index contributed by atoms with van der Waals surface area (Å²) >= 11 is 0. The van der Waals surface area contributed by atoms with E-state index in [-0.39, 0.29) is 23.5 Å². The van der Waals surface area contributed by atoms with Crippen molar-refractivity contribution in [2.24, 2.45) is 0 Å². The van der Waals surface area contributed by atoms with Crippen LogP contribution in [0.5, 0.6) is 11.5 Å². The van der Waals surface area contributed by atoms with E-state index in [1.807, 2.05) is 0 Å². The molecule has 0 aliphatic rings. The number of rotatable bonds is 5. The Labute approximate surface area is 178 Å². The molecular formula is C22H22FN5O3. The van der Waals surface area contributed by atoms with Crippen LogP contribution in [-0.4, -0.2) is 19.5 Å². The Morgan fingerprint density at radius 2 is 1.84 bits per heavy atom. The number of aryl methyl sites for hydroxylation is 4. The van der Waals surface area contributed by atoms with Crippen molar-refractivity contribution in [3.63, 3.8) is 0 Å². The van der Waals surface area contributed by atoms with Crippen LogP contribution in [0, 0.1) is 39.0 Å². The van der Waals surface area contributed by atoms with Crippen molar-refractivity contribution < 1.29 is 9.13 Å². The largest absolute Gasteiger partial charge is 0.449 e. The summed E-state index contributed by atoms with van der Waals surface area (Å²) in [5, 5.41) is 9.13. The molecule has 0 radical (unpaired) electrons. The van der Waals surface area contributed by atoms with Crippen LogP contribution in [0.25, 0.3) is 0 Å². The molecule has 0 fully saturated rings. The van der Waals surface area contributed by atoms with Gasteiger partial charge in [-0.15, -0.1) is 0 Å². The molecular weight excluding hydrogens is 401 g/mol. The van der Waals surface area contributed by atoms with Gasteiger partial charge >= 0.3 is 0 Å². The second kappa shape index (κ2) is 8.52. The molecule has 31 heavy (non-hydrogen) atoms. The van der Waals surface area contributed by atoms with Crippen LogP contribution in [0.1, 0.15) is 52.6 Å². The van der Waals surface area contributed by atoms with Crippen LogP contribution in [0.3, 0.4) is 0 Å². The lowest BCUT2D eigenvalue weighted by Crippen LogP contribution is -2.28. The molecule has 0 saturated carbocycles. The molecule has 0 unspecified atom stereocenters. The molecule has 160 valence electrons. The van der Waals surface area contributed by atoms with E-state index < -0.39 is 11.7 Å². The number of aromatic amines is 1. The standard InChI is InChI=1S/C22H22FN5O3/c1-11-6-16(8-24)7-12(2)19(11)31-20-18(13(3)23)25-10-28(22(20)30)9-17-14(4)26-15(5)27-21(17)29/h6-7,10,13H,9H2,1-5H3,(H,26,27,29)/t13-/m0/s1. The summed E-state index contributed by atoms with van der Waals surface area (Å²) in [6, 6.07) is 5.30. The Balaban J connectivity index is 2.12. The van der Waals surface area contributed by atoms with Crippen molar-refractivity contribution in [1.82, 2.24) is 19.5 Å². The number of alkyl halides is 1. The lowest BCUT2D eigenvalue weighted by Gasteiger charge is -2.16. The van der Waals surface area contributed by atoms with Gasteiger partial charge in [-0.05, 0) is 57.9 Å². The maximum atomic E-state index is 14.2. The van der Waals surface area contributed by atoms with Crippen molar-refractivity contribution in [2.75, 3.05) is 0 Å². The van der Waals surface area contributed by atoms with E-state index >= 15 is 0 Å². The highest BCUT2D eigenvalue weighted by Gasteiger charge is 2.22. The van der Waals surface area contributed by atoms with Gasteiger partial charge < -0.3 is 9.72 Å². The van der Waals surface area contributed by atoms with Crippen LogP contribution in [-0.2, 0) is 6.54 Å². The smallest absolute Gasteiger partial charge is 0.297 e. The van der Waals surface area contributed by atoms with Crippen molar-refractivity contribution in [2.45, 2.75) is 47.3 Å². The van der Waals surface area contributed by atoms with Gasteiger partial charge in [0.15, 0.2) is 0 Å². The minimum Gasteiger partial charge on any atom is -0.449 e. The fourth-order valence-electron chi connectivity index (χ4n) is 3.36. The maximum Gasteiger partial charge on any atom is 0.297 e. The number of benzene rings is 1. The number of nitrogens with zero attached hydrogens (tertiary/aromatic N) is 4. The zero-order valence-corrected chi connectivity index (χ0v) is 17.9. The van der Waals surface area contributed by atoms with Crippen LogP contribution < -0.4 is 15.9 Å². The third-order valence-corrected chi connectivity index (χ3v) is 4.86. The predicted molar refractivity (Wildman–Crippen MR) is 112 cm³/mol. The van der Waals surface area contributed by atoms with Crippen LogP contribution in [0.4, 0.5) is 4.39 Å². The van der Waals surface area contributed by atoms with Crippen LogP contribution >= 0.6 is 0 Å². The number of hydrogen-bond donors (Lipinski definition) is 1. The number of nitriles is 1. The lowest BCUT2D eigenvalue weighted by molar-refractivity contribution is 0.344. The normalized spacial score (nSPS) is 11.8. The molecule has 0 saturated heterocycles. The van der Waals surface area contributed by atoms with Crippen molar-refractivity contribution in [3.05, 3.63) is 78.6 Å². The summed E-state index contributed by atoms with van der Waals surface area (Å²) in [5.74, 6) is 0.556. The molecule has 1 atom stereocenters. The molecule has 3 rings (SSSR count). The SMILES string of the molecule is Cc1nc(C)c(Cn2cnc([C@H](C)F)c(Oc3c(C)cc(C#N)cc3C)c2=O)c(=O)[nH]1. The number of halogens is 1. The maximum absolute atomic E-state index is 14.2. The van der Waals surface area contributed by atoms with Crippen molar-refractivity contribution >= 4 is 0 Å². The topological polar surface area (TPSA) is 114 Å². The van der Waals surface area contributed by atoms with E-state index in [2.05, 4.69) is 21.0 Å². The first-order valence-corrected chi connectivity index (χ1v) is 9.61. The highest BCUT2D eigenvalue weighted by molar-refractivity contribution is 5.49. The monoisotopic (exact) mass is 423 g/mol. The van der Waals surface area contributed by atoms with Gasteiger partial charge in [0.2, 0.25) is 5.75 Å². The first-order valence-electron chi connectivity index (χ1n) is 9.61. The third-order valence-electron chi connectivity index (χ3n) is 4.86. The number of H-pyrrole nitrogens is 1. The van der Waals surface area contributed by atoms with Crippen molar-refractivity contribution in [1.29, 1.82) is 5.26 Å². The molecule has 3 aromatic rings. The molecule has 1 aromatic carbocycles. The lowest BCUT2D eigenvalue weighted by atomic mass is 10.1. The second-order valence-corrected chi connectivity index (χ2v) is 7.38. The van der Waals surface area contributed by atoms with Gasteiger partial charge in [-0.2, -0.15) is 5.26 Å². The highest BCUT2D eigenvalue weighted by atomic mass is 19.1. The Hall–Kier alpha value is -3.80. The van der Waals surface area contributed by atoms with E-state index in [9.17, 15) is 14.0 Å². The van der Waals surface area contributed by atoms with Gasteiger partial charge in [-0.3, -0.25) is 14.2 Å². The molecule has 0 aliphatic heterocycles. The summed E-state index contributed by atoms with van der Waals surface area (Å²) in [4.78, 5) is 36.4. The first kappa shape index (κ1) is 21.9. The van der Waals surface area contributed by atoms with Gasteiger partial charge in [0.1, 0.15) is 23.4 Å². The summed E-state index contributed by atoms with van der Waals surface area (Å²) in [5.41, 5.74) is 1.35. The summed E-state index contributed by atoms with van der Waals surface area (Å²) in [7, 11) is 0. The van der Waals surface area contributed by atoms with E-state index in [4.69, 9.17) is 10.00 Å². The van der Waals surface area contributed by atoms with Gasteiger partial charge in [0.05, 0.1) is 30.1 Å². The Morgan fingerprint density at radius 1 is 1.19 bits per heavy atom. The fourth-order valence-corrected chi connectivity index (χ4v) is 3.36. The zero-order valence-electron chi connectivity index (χ0n) is 17.9. The van der Waals surface area contributed by atoms with Gasteiger partial charge in [0.25, 0.3) is 11.1 Å². The quantitative estimate of drug-likeness (QED) is 0.674. The number of nitrogens with one attached hydrogen (secondary N) is 1. The van der Waals surface area contributed by atoms with Gasteiger partial charge in [-0.25, -0.2) is 14.4 Å². The van der Waals surface area contributed by atoms with E-state index in [1.54, 1.807) is 39.8 Å². The first-order chi connectivity index (χ1) is 14.6. The van der Waals surface area contributed by atoms with E-state index in [0.29, 0.717) is 39.5 Å². The number of hydrogen-bond acceptors (Lipinski definition) is 6. The summed E-state index contributed by atoms with van der Waals surface area (Å²) in [6.45, 7) is 7.97. The van der Waals surface area contributed by atoms with Crippen LogP contribution in [0.15, 0.2) is 28.0 Å². The van der Waals surface area contributed by atoms with Crippen molar-refractivity contribution in [3.8, 4) is 17.6 Å². The highest BCUT2D eigenvalue weighted by Crippen LogP contribution is 2.32. The fraction of sp³-hybridized carbons (Fsp3) is 0.318. The van der Waals surface area contributed by atoms with Gasteiger partial charge in [0, 0.05) is 5.69 Å². The number of aromatic nitrogens is 4. The molecule has 0 amide bonds. The molecule has 0 spiro atoms. The minimum atomic E-state index is -1.55. The Morgan fingerprint density at radius 3 is 2.39 bits per heavy atom. The molecule has 8 nitrogen and oxygen atoms in total. The summed E-state index contributed by atoms with van der Waals surface area (Å²) in [6.07, 6.45) is -0.361. The average Bonchev–Trinajstić information content (AvgIpc) is 2.68. The third kappa shape index (κ3) is 4.38. The zero-order chi connectivity index (χ0) is 22.9. The Kier molecular flexibility index (Phi) is 6.02. The minimum absolute atomic E-state index is 0.0943. The second-order valence-electron chi connectivity index (χ2n) is 7.38. The molecule has 2 heterocycles. The molecule has 9 heteroatoms. The van der Waals surface area contributed by atoms with E-state index in [0.717, 1.165) is 0 Å². The molecule has 0 aliphatic carbocycles. The van der Waals surface area contributed by atoms with Gasteiger partial charge in [-0.1, -0.05) is 0 Å². The molecule has 2 aromatic heterocycles. The number of ether oxygens (including phenoxy) is 1. The molecule has 0 bridgehead atoms. The van der Waals surface area contributed by atoms with E-state index in [1.165, 1.54) is 17.8 Å². The average molecular weight is 423 g/mol. The Bertz CT molecular complexity index is 1300. The predicted octanol–water partition coefficient (Wildman–Crippen LogP) is 3.30. The van der Waals surface area contributed by atoms with Crippen LogP contribution in [0.2, 0.25) is 0 Å².